The second kappa shape index (κ2) is 6.74. The van der Waals surface area contributed by atoms with Crippen molar-refractivity contribution in [2.75, 3.05) is 46.4 Å². The first-order chi connectivity index (χ1) is 7.53. The molecule has 0 saturated carbocycles. The minimum atomic E-state index is -1.34. The summed E-state index contributed by atoms with van der Waals surface area (Å²) in [7, 11) is 0.872. The number of hydrogen-bond acceptors (Lipinski definition) is 3. The molecule has 0 aromatic carbocycles. The molecule has 0 radical (unpaired) electrons. The normalized spacial score (nSPS) is 20.2. The number of rotatable bonds is 6. The molecule has 0 spiro atoms. The standard InChI is InChI=1S/C12H28N2OSi/c1-5-15-16(3,4)12-6-7-14-10-8-13(2)9-11-14/h5-12H2,1-4H3. The predicted molar refractivity (Wildman–Crippen MR) is 72.5 cm³/mol. The second-order valence-electron chi connectivity index (χ2n) is 5.44. The highest BCUT2D eigenvalue weighted by Gasteiger charge is 2.22. The summed E-state index contributed by atoms with van der Waals surface area (Å²) in [6.45, 7) is 13.9. The van der Waals surface area contributed by atoms with Gasteiger partial charge in [0.1, 0.15) is 0 Å². The maximum absolute atomic E-state index is 5.85. The van der Waals surface area contributed by atoms with E-state index in [2.05, 4.69) is 36.9 Å². The smallest absolute Gasteiger partial charge is 0.186 e. The van der Waals surface area contributed by atoms with Crippen molar-refractivity contribution in [3.63, 3.8) is 0 Å². The zero-order valence-corrected chi connectivity index (χ0v) is 12.5. The highest BCUT2D eigenvalue weighted by molar-refractivity contribution is 6.71. The van der Waals surface area contributed by atoms with Crippen LogP contribution in [0.15, 0.2) is 0 Å². The van der Waals surface area contributed by atoms with E-state index in [4.69, 9.17) is 4.43 Å². The lowest BCUT2D eigenvalue weighted by atomic mass is 10.3. The van der Waals surface area contributed by atoms with Gasteiger partial charge in [0.25, 0.3) is 0 Å². The third-order valence-corrected chi connectivity index (χ3v) is 6.01. The lowest BCUT2D eigenvalue weighted by molar-refractivity contribution is 0.154. The lowest BCUT2D eigenvalue weighted by Crippen LogP contribution is -2.45. The minimum absolute atomic E-state index is 0.883. The van der Waals surface area contributed by atoms with Crippen LogP contribution < -0.4 is 0 Å². The molecular formula is C12H28N2OSi. The van der Waals surface area contributed by atoms with E-state index < -0.39 is 8.32 Å². The summed E-state index contributed by atoms with van der Waals surface area (Å²) in [5, 5.41) is 0. The summed E-state index contributed by atoms with van der Waals surface area (Å²) < 4.78 is 5.85. The Bertz CT molecular complexity index is 191. The van der Waals surface area contributed by atoms with Crippen LogP contribution in [0.1, 0.15) is 13.3 Å². The van der Waals surface area contributed by atoms with Gasteiger partial charge in [0.15, 0.2) is 8.32 Å². The molecule has 0 N–H and O–H groups in total. The summed E-state index contributed by atoms with van der Waals surface area (Å²) in [5.74, 6) is 0. The lowest BCUT2D eigenvalue weighted by Gasteiger charge is -2.33. The number of likely N-dealkylation sites (N-methyl/N-ethyl adjacent to an activating group) is 1. The fraction of sp³-hybridized carbons (Fsp3) is 1.00. The van der Waals surface area contributed by atoms with Crippen LogP contribution in [0, 0.1) is 0 Å². The predicted octanol–water partition coefficient (Wildman–Crippen LogP) is 1.87. The summed E-state index contributed by atoms with van der Waals surface area (Å²) in [5.41, 5.74) is 0. The van der Waals surface area contributed by atoms with Gasteiger partial charge in [-0.1, -0.05) is 0 Å². The zero-order valence-electron chi connectivity index (χ0n) is 11.5. The molecule has 1 saturated heterocycles. The van der Waals surface area contributed by atoms with Gasteiger partial charge in [0.2, 0.25) is 0 Å². The molecule has 0 aromatic rings. The Hall–Kier alpha value is 0.0969. The van der Waals surface area contributed by atoms with Gasteiger partial charge in [-0.05, 0) is 46.1 Å². The van der Waals surface area contributed by atoms with Gasteiger partial charge in [-0.2, -0.15) is 0 Å². The first-order valence-corrected chi connectivity index (χ1v) is 9.70. The van der Waals surface area contributed by atoms with Crippen LogP contribution in [0.4, 0.5) is 0 Å². The van der Waals surface area contributed by atoms with Crippen LogP contribution in [0.5, 0.6) is 0 Å². The van der Waals surface area contributed by atoms with E-state index >= 15 is 0 Å². The van der Waals surface area contributed by atoms with E-state index in [-0.39, 0.29) is 0 Å². The maximum Gasteiger partial charge on any atom is 0.186 e. The summed E-state index contributed by atoms with van der Waals surface area (Å²) >= 11 is 0. The summed E-state index contributed by atoms with van der Waals surface area (Å²) in [4.78, 5) is 5.01. The Morgan fingerprint density at radius 2 is 1.75 bits per heavy atom. The van der Waals surface area contributed by atoms with Crippen LogP contribution in [0.25, 0.3) is 0 Å². The highest BCUT2D eigenvalue weighted by Crippen LogP contribution is 2.14. The van der Waals surface area contributed by atoms with Crippen molar-refractivity contribution < 1.29 is 4.43 Å². The first kappa shape index (κ1) is 14.2. The van der Waals surface area contributed by atoms with Gasteiger partial charge >= 0.3 is 0 Å². The fourth-order valence-electron chi connectivity index (χ4n) is 2.26. The van der Waals surface area contributed by atoms with Crippen molar-refractivity contribution in [2.45, 2.75) is 32.5 Å². The summed E-state index contributed by atoms with van der Waals surface area (Å²) in [6, 6.07) is 1.30. The molecule has 0 amide bonds. The molecule has 0 aliphatic carbocycles. The van der Waals surface area contributed by atoms with Crippen LogP contribution in [-0.2, 0) is 4.43 Å². The molecule has 1 fully saturated rings. The molecule has 16 heavy (non-hydrogen) atoms. The molecule has 0 unspecified atom stereocenters. The van der Waals surface area contributed by atoms with E-state index in [9.17, 15) is 0 Å². The third-order valence-electron chi connectivity index (χ3n) is 3.38. The SMILES string of the molecule is CCO[Si](C)(C)CCCN1CCN(C)CC1. The Balaban J connectivity index is 2.11. The molecule has 0 bridgehead atoms. The molecule has 96 valence electrons. The van der Waals surface area contributed by atoms with Crippen molar-refractivity contribution in [3.8, 4) is 0 Å². The Labute approximate surface area is 102 Å². The molecule has 3 nitrogen and oxygen atoms in total. The average molecular weight is 244 g/mol. The van der Waals surface area contributed by atoms with Crippen LogP contribution in [0.3, 0.4) is 0 Å². The van der Waals surface area contributed by atoms with Crippen molar-refractivity contribution in [1.82, 2.24) is 9.80 Å². The Morgan fingerprint density at radius 3 is 2.31 bits per heavy atom. The quantitative estimate of drug-likeness (QED) is 0.663. The molecule has 1 aliphatic heterocycles. The monoisotopic (exact) mass is 244 g/mol. The number of nitrogens with zero attached hydrogens (tertiary/aromatic N) is 2. The highest BCUT2D eigenvalue weighted by atomic mass is 28.4. The molecule has 0 atom stereocenters. The van der Waals surface area contributed by atoms with Gasteiger partial charge in [0, 0.05) is 32.8 Å². The van der Waals surface area contributed by atoms with Crippen molar-refractivity contribution in [3.05, 3.63) is 0 Å². The van der Waals surface area contributed by atoms with Crippen molar-refractivity contribution in [2.24, 2.45) is 0 Å². The fourth-order valence-corrected chi connectivity index (χ4v) is 4.20. The van der Waals surface area contributed by atoms with E-state index in [0.29, 0.717) is 0 Å². The van der Waals surface area contributed by atoms with Gasteiger partial charge in [-0.3, -0.25) is 0 Å². The Morgan fingerprint density at radius 1 is 1.12 bits per heavy atom. The van der Waals surface area contributed by atoms with Gasteiger partial charge in [-0.15, -0.1) is 0 Å². The molecule has 1 aliphatic rings. The van der Waals surface area contributed by atoms with E-state index in [1.165, 1.54) is 45.2 Å². The van der Waals surface area contributed by atoms with Crippen molar-refractivity contribution >= 4 is 8.32 Å². The van der Waals surface area contributed by atoms with Gasteiger partial charge < -0.3 is 14.2 Å². The zero-order chi connectivity index (χ0) is 12.0. The van der Waals surface area contributed by atoms with Crippen LogP contribution in [0.2, 0.25) is 19.1 Å². The molecule has 1 rings (SSSR count). The second-order valence-corrected chi connectivity index (χ2v) is 9.75. The average Bonchev–Trinajstić information content (AvgIpc) is 2.20. The molecule has 1 heterocycles. The largest absolute Gasteiger partial charge is 0.418 e. The molecule has 0 aromatic heterocycles. The van der Waals surface area contributed by atoms with Crippen LogP contribution in [-0.4, -0.2) is 64.5 Å². The Kier molecular flexibility index (Phi) is 5.96. The topological polar surface area (TPSA) is 15.7 Å². The summed E-state index contributed by atoms with van der Waals surface area (Å²) in [6.07, 6.45) is 1.31. The van der Waals surface area contributed by atoms with E-state index in [1.807, 2.05) is 0 Å². The number of piperazine rings is 1. The van der Waals surface area contributed by atoms with Crippen molar-refractivity contribution in [1.29, 1.82) is 0 Å². The third kappa shape index (κ3) is 5.43. The number of hydrogen-bond donors (Lipinski definition) is 0. The van der Waals surface area contributed by atoms with Gasteiger partial charge in [-0.25, -0.2) is 0 Å². The van der Waals surface area contributed by atoms with Gasteiger partial charge in [0.05, 0.1) is 0 Å². The van der Waals surface area contributed by atoms with E-state index in [0.717, 1.165) is 6.61 Å². The minimum Gasteiger partial charge on any atom is -0.418 e. The van der Waals surface area contributed by atoms with Crippen LogP contribution >= 0.6 is 0 Å². The molecule has 4 heteroatoms. The maximum atomic E-state index is 5.85. The first-order valence-electron chi connectivity index (χ1n) is 6.58. The van der Waals surface area contributed by atoms with E-state index in [1.54, 1.807) is 0 Å². The molecular weight excluding hydrogens is 216 g/mol.